The van der Waals surface area contributed by atoms with Crippen LogP contribution in [0, 0.1) is 0 Å². The third-order valence-electron chi connectivity index (χ3n) is 5.29. The fourth-order valence-electron chi connectivity index (χ4n) is 3.33. The highest BCUT2D eigenvalue weighted by molar-refractivity contribution is 5.79. The Morgan fingerprint density at radius 3 is 2.33 bits per heavy atom. The van der Waals surface area contributed by atoms with Gasteiger partial charge < -0.3 is 10.4 Å². The van der Waals surface area contributed by atoms with Crippen LogP contribution in [0.5, 0.6) is 0 Å². The van der Waals surface area contributed by atoms with Gasteiger partial charge in [0.05, 0.1) is 11.7 Å². The smallest absolute Gasteiger partial charge is 0.315 e. The molecule has 1 aromatic carbocycles. The lowest BCUT2D eigenvalue weighted by molar-refractivity contribution is -0.133. The van der Waals surface area contributed by atoms with E-state index in [1.165, 1.54) is 12.1 Å². The van der Waals surface area contributed by atoms with E-state index >= 15 is 0 Å². The first-order valence-electron chi connectivity index (χ1n) is 9.57. The second kappa shape index (κ2) is 9.53. The summed E-state index contributed by atoms with van der Waals surface area (Å²) in [6.45, 7) is 1.60. The number of nitrogens with one attached hydrogen (secondary N) is 1. The van der Waals surface area contributed by atoms with Gasteiger partial charge in [0.2, 0.25) is 0 Å². The highest BCUT2D eigenvalue weighted by Crippen LogP contribution is 2.28. The van der Waals surface area contributed by atoms with Crippen molar-refractivity contribution in [1.29, 1.82) is 0 Å². The molecule has 3 atom stereocenters. The lowest BCUT2D eigenvalue weighted by atomic mass is 9.99. The SMILES string of the molecule is CC(c1ccc(-c2ccc([C@H](O)[C@@H](CF)NC(=O)C(F)F)cc2)cn1)N1CC(F)C1. The molecule has 1 amide bonds. The average molecular weight is 425 g/mol. The van der Waals surface area contributed by atoms with Crippen molar-refractivity contribution in [3.05, 3.63) is 53.9 Å². The van der Waals surface area contributed by atoms with Crippen molar-refractivity contribution < 1.29 is 27.5 Å². The fourth-order valence-corrected chi connectivity index (χ4v) is 3.33. The summed E-state index contributed by atoms with van der Waals surface area (Å²) in [6.07, 6.45) is -3.84. The normalized spacial score (nSPS) is 18.0. The minimum atomic E-state index is -3.29. The van der Waals surface area contributed by atoms with E-state index in [1.807, 2.05) is 24.0 Å². The molecule has 5 nitrogen and oxygen atoms in total. The molecule has 2 aromatic rings. The van der Waals surface area contributed by atoms with Crippen molar-refractivity contribution in [2.45, 2.75) is 37.7 Å². The first-order chi connectivity index (χ1) is 14.3. The molecule has 1 fully saturated rings. The number of aliphatic hydroxyl groups excluding tert-OH is 1. The van der Waals surface area contributed by atoms with Gasteiger partial charge in [-0.15, -0.1) is 0 Å². The van der Waals surface area contributed by atoms with Crippen molar-refractivity contribution >= 4 is 5.91 Å². The first kappa shape index (κ1) is 22.2. The zero-order chi connectivity index (χ0) is 21.8. The Labute approximate surface area is 171 Å². The van der Waals surface area contributed by atoms with Crippen LogP contribution in [0.2, 0.25) is 0 Å². The number of hydrogen-bond acceptors (Lipinski definition) is 4. The van der Waals surface area contributed by atoms with Gasteiger partial charge in [-0.25, -0.2) is 8.78 Å². The Morgan fingerprint density at radius 2 is 1.83 bits per heavy atom. The Kier molecular flexibility index (Phi) is 7.04. The number of likely N-dealkylation sites (tertiary alicyclic amines) is 1. The summed E-state index contributed by atoms with van der Waals surface area (Å²) in [4.78, 5) is 17.5. The van der Waals surface area contributed by atoms with Crippen molar-refractivity contribution in [2.24, 2.45) is 0 Å². The van der Waals surface area contributed by atoms with E-state index in [9.17, 15) is 27.5 Å². The largest absolute Gasteiger partial charge is 0.386 e. The zero-order valence-corrected chi connectivity index (χ0v) is 16.3. The molecule has 2 heterocycles. The fraction of sp³-hybridized carbons (Fsp3) is 0.429. The van der Waals surface area contributed by atoms with Crippen LogP contribution in [0.3, 0.4) is 0 Å². The minimum absolute atomic E-state index is 0.0182. The van der Waals surface area contributed by atoms with Gasteiger partial charge in [-0.3, -0.25) is 14.7 Å². The summed E-state index contributed by atoms with van der Waals surface area (Å²) in [5.74, 6) is -1.63. The minimum Gasteiger partial charge on any atom is -0.386 e. The Morgan fingerprint density at radius 1 is 1.20 bits per heavy atom. The summed E-state index contributed by atoms with van der Waals surface area (Å²) < 4.78 is 50.9. The van der Waals surface area contributed by atoms with Crippen molar-refractivity contribution in [3.63, 3.8) is 0 Å². The maximum atomic E-state index is 13.1. The predicted octanol–water partition coefficient (Wildman–Crippen LogP) is 3.22. The van der Waals surface area contributed by atoms with E-state index in [2.05, 4.69) is 4.98 Å². The number of benzene rings is 1. The van der Waals surface area contributed by atoms with Crippen LogP contribution in [-0.2, 0) is 4.79 Å². The highest BCUT2D eigenvalue weighted by Gasteiger charge is 2.31. The summed E-state index contributed by atoms with van der Waals surface area (Å²) in [6, 6.07) is 8.75. The predicted molar refractivity (Wildman–Crippen MR) is 103 cm³/mol. The maximum absolute atomic E-state index is 13.1. The van der Waals surface area contributed by atoms with E-state index in [0.29, 0.717) is 13.1 Å². The number of nitrogens with zero attached hydrogens (tertiary/aromatic N) is 2. The summed E-state index contributed by atoms with van der Waals surface area (Å²) in [7, 11) is 0. The number of rotatable bonds is 8. The average Bonchev–Trinajstić information content (AvgIpc) is 2.74. The van der Waals surface area contributed by atoms with Gasteiger partial charge in [0.15, 0.2) is 0 Å². The van der Waals surface area contributed by atoms with E-state index in [0.717, 1.165) is 16.8 Å². The molecular formula is C21H23F4N3O2. The van der Waals surface area contributed by atoms with Crippen LogP contribution in [0.15, 0.2) is 42.6 Å². The monoisotopic (exact) mass is 425 g/mol. The number of halogens is 4. The van der Waals surface area contributed by atoms with E-state index in [4.69, 9.17) is 0 Å². The number of aliphatic hydroxyl groups is 1. The van der Waals surface area contributed by atoms with Crippen LogP contribution in [0.4, 0.5) is 17.6 Å². The second-order valence-corrected chi connectivity index (χ2v) is 7.34. The molecule has 2 N–H and O–H groups in total. The van der Waals surface area contributed by atoms with Crippen molar-refractivity contribution in [2.75, 3.05) is 19.8 Å². The molecule has 0 radical (unpaired) electrons. The van der Waals surface area contributed by atoms with Crippen LogP contribution in [0.1, 0.15) is 30.3 Å². The number of aromatic nitrogens is 1. The van der Waals surface area contributed by atoms with Gasteiger partial charge >= 0.3 is 6.43 Å². The number of hydrogen-bond donors (Lipinski definition) is 2. The third kappa shape index (κ3) is 4.96. The van der Waals surface area contributed by atoms with Crippen LogP contribution < -0.4 is 5.32 Å². The summed E-state index contributed by atoms with van der Waals surface area (Å²) in [5, 5.41) is 12.0. The number of amides is 1. The molecule has 1 aromatic heterocycles. The lowest BCUT2D eigenvalue weighted by Crippen LogP contribution is -2.49. The summed E-state index contributed by atoms with van der Waals surface area (Å²) in [5.41, 5.74) is 2.72. The molecule has 0 bridgehead atoms. The molecule has 1 aliphatic heterocycles. The molecule has 30 heavy (non-hydrogen) atoms. The number of pyridine rings is 1. The molecule has 1 saturated heterocycles. The van der Waals surface area contributed by atoms with E-state index < -0.39 is 37.3 Å². The maximum Gasteiger partial charge on any atom is 0.315 e. The zero-order valence-electron chi connectivity index (χ0n) is 16.3. The van der Waals surface area contributed by atoms with Gasteiger partial charge in [-0.2, -0.15) is 8.78 Å². The molecule has 0 spiro atoms. The standard InChI is InChI=1S/C21H23F4N3O2/c1-12(28-10-16(23)11-28)17-7-6-15(9-26-17)13-2-4-14(5-3-13)19(29)18(8-22)27-21(30)20(24)25/h2-7,9,12,16,18-20,29H,8,10-11H2,1H3,(H,27,30)/t12?,18-,19+/m1/s1. The molecule has 9 heteroatoms. The van der Waals surface area contributed by atoms with Gasteiger partial charge in [-0.1, -0.05) is 30.3 Å². The van der Waals surface area contributed by atoms with Crippen LogP contribution >= 0.6 is 0 Å². The van der Waals surface area contributed by atoms with Crippen molar-refractivity contribution in [1.82, 2.24) is 15.2 Å². The van der Waals surface area contributed by atoms with Gasteiger partial charge in [-0.05, 0) is 24.1 Å². The Bertz CT molecular complexity index is 842. The van der Waals surface area contributed by atoms with Crippen LogP contribution in [0.25, 0.3) is 11.1 Å². The Hall–Kier alpha value is -2.52. The third-order valence-corrected chi connectivity index (χ3v) is 5.29. The van der Waals surface area contributed by atoms with Crippen LogP contribution in [-0.4, -0.2) is 59.3 Å². The highest BCUT2D eigenvalue weighted by atomic mass is 19.3. The van der Waals surface area contributed by atoms with Gasteiger partial charge in [0, 0.05) is 30.9 Å². The lowest BCUT2D eigenvalue weighted by Gasteiger charge is -2.38. The first-order valence-corrected chi connectivity index (χ1v) is 9.57. The second-order valence-electron chi connectivity index (χ2n) is 7.34. The quantitative estimate of drug-likeness (QED) is 0.638. The van der Waals surface area contributed by atoms with E-state index in [1.54, 1.807) is 23.6 Å². The molecule has 0 aliphatic carbocycles. The van der Waals surface area contributed by atoms with Gasteiger partial charge in [0.25, 0.3) is 5.91 Å². The topological polar surface area (TPSA) is 65.5 Å². The molecular weight excluding hydrogens is 402 g/mol. The molecule has 162 valence electrons. The number of carbonyl (C=O) groups is 1. The molecule has 3 rings (SSSR count). The van der Waals surface area contributed by atoms with Crippen molar-refractivity contribution in [3.8, 4) is 11.1 Å². The van der Waals surface area contributed by atoms with E-state index in [-0.39, 0.29) is 11.6 Å². The summed E-state index contributed by atoms with van der Waals surface area (Å²) >= 11 is 0. The molecule has 1 aliphatic rings. The Balaban J connectivity index is 1.66. The molecule has 0 saturated carbocycles. The number of alkyl halides is 4. The number of carbonyl (C=O) groups excluding carboxylic acids is 1. The van der Waals surface area contributed by atoms with Gasteiger partial charge in [0.1, 0.15) is 19.0 Å². The molecule has 1 unspecified atom stereocenters.